The van der Waals surface area contributed by atoms with Crippen LogP contribution in [0.1, 0.15) is 12.0 Å². The van der Waals surface area contributed by atoms with E-state index in [2.05, 4.69) is 18.2 Å². The van der Waals surface area contributed by atoms with Crippen molar-refractivity contribution in [3.63, 3.8) is 0 Å². The Labute approximate surface area is 161 Å². The lowest BCUT2D eigenvalue weighted by atomic mass is 9.79. The Hall–Kier alpha value is -2.10. The molecule has 2 bridgehead atoms. The van der Waals surface area contributed by atoms with Gasteiger partial charge < -0.3 is 0 Å². The molecule has 0 N–H and O–H groups in total. The number of halogens is 2. The Morgan fingerprint density at radius 3 is 2.23 bits per heavy atom. The summed E-state index contributed by atoms with van der Waals surface area (Å²) in [7, 11) is 0. The molecule has 2 aromatic rings. The van der Waals surface area contributed by atoms with E-state index >= 15 is 0 Å². The molecule has 1 saturated heterocycles. The number of benzene rings is 2. The van der Waals surface area contributed by atoms with Gasteiger partial charge >= 0.3 is 0 Å². The first kappa shape index (κ1) is 16.1. The summed E-state index contributed by atoms with van der Waals surface area (Å²) in [5, 5.41) is 0.826. The molecule has 4 atom stereocenters. The van der Waals surface area contributed by atoms with E-state index in [0.717, 1.165) is 12.0 Å². The van der Waals surface area contributed by atoms with Crippen LogP contribution in [-0.4, -0.2) is 11.8 Å². The smallest absolute Gasteiger partial charge is 0.238 e. The highest BCUT2D eigenvalue weighted by Gasteiger charge is 2.61. The number of carbonyl (C=O) groups is 2. The first-order valence-electron chi connectivity index (χ1n) is 8.65. The van der Waals surface area contributed by atoms with Crippen LogP contribution in [0.5, 0.6) is 0 Å². The number of carbonyl (C=O) groups excluding carboxylic acids is 2. The minimum Gasteiger partial charge on any atom is -0.274 e. The topological polar surface area (TPSA) is 37.4 Å². The van der Waals surface area contributed by atoms with E-state index in [9.17, 15) is 9.59 Å². The van der Waals surface area contributed by atoms with Crippen LogP contribution in [0.4, 0.5) is 5.69 Å². The number of amides is 2. The van der Waals surface area contributed by atoms with E-state index in [4.69, 9.17) is 23.2 Å². The molecule has 0 unspecified atom stereocenters. The molecule has 0 spiro atoms. The van der Waals surface area contributed by atoms with Gasteiger partial charge in [0.1, 0.15) is 0 Å². The number of hydrogen-bond donors (Lipinski definition) is 0. The molecule has 0 radical (unpaired) electrons. The van der Waals surface area contributed by atoms with Gasteiger partial charge in [-0.3, -0.25) is 9.59 Å². The number of imide groups is 1. The van der Waals surface area contributed by atoms with Crippen molar-refractivity contribution >= 4 is 46.3 Å². The largest absolute Gasteiger partial charge is 0.274 e. The standard InChI is InChI=1S/C21H15Cl2NO2/c22-13-8-14(23)10-15(9-13)24-20(25)18-12-6-16(11-4-2-1-3-5-11)17(7-12)19(18)21(24)26/h1-6,8-10,12,17-19H,7H2/t12-,17-,18-,19+/m1/s1. The minimum atomic E-state index is -0.287. The molecule has 1 saturated carbocycles. The molecule has 2 aromatic carbocycles. The van der Waals surface area contributed by atoms with Crippen LogP contribution in [0.25, 0.3) is 5.57 Å². The van der Waals surface area contributed by atoms with Gasteiger partial charge in [0.25, 0.3) is 0 Å². The van der Waals surface area contributed by atoms with Crippen LogP contribution in [0.2, 0.25) is 10.0 Å². The average molecular weight is 384 g/mol. The third-order valence-corrected chi connectivity index (χ3v) is 6.26. The van der Waals surface area contributed by atoms with Gasteiger partial charge in [-0.15, -0.1) is 0 Å². The Balaban J connectivity index is 1.53. The van der Waals surface area contributed by atoms with Crippen LogP contribution >= 0.6 is 23.2 Å². The monoisotopic (exact) mass is 383 g/mol. The third-order valence-electron chi connectivity index (χ3n) is 5.82. The Kier molecular flexibility index (Phi) is 3.53. The number of allylic oxidation sites excluding steroid dienone is 2. The quantitative estimate of drug-likeness (QED) is 0.696. The Morgan fingerprint density at radius 2 is 1.54 bits per heavy atom. The van der Waals surface area contributed by atoms with Crippen LogP contribution in [0.3, 0.4) is 0 Å². The van der Waals surface area contributed by atoms with Gasteiger partial charge in [0.15, 0.2) is 0 Å². The lowest BCUT2D eigenvalue weighted by molar-refractivity contribution is -0.123. The van der Waals surface area contributed by atoms with Crippen molar-refractivity contribution in [1.29, 1.82) is 0 Å². The second kappa shape index (κ2) is 5.70. The van der Waals surface area contributed by atoms with Crippen molar-refractivity contribution in [3.05, 3.63) is 70.2 Å². The molecule has 26 heavy (non-hydrogen) atoms. The van der Waals surface area contributed by atoms with E-state index < -0.39 is 0 Å². The van der Waals surface area contributed by atoms with Crippen molar-refractivity contribution < 1.29 is 9.59 Å². The zero-order valence-corrected chi connectivity index (χ0v) is 15.2. The zero-order chi connectivity index (χ0) is 18.0. The molecule has 1 aliphatic heterocycles. The maximum Gasteiger partial charge on any atom is 0.238 e. The molecule has 2 aliphatic carbocycles. The summed E-state index contributed by atoms with van der Waals surface area (Å²) in [5.41, 5.74) is 2.81. The zero-order valence-electron chi connectivity index (χ0n) is 13.7. The summed E-state index contributed by atoms with van der Waals surface area (Å²) in [6, 6.07) is 15.0. The number of fused-ring (bicyclic) bond motifs is 5. The fourth-order valence-electron chi connectivity index (χ4n) is 4.88. The van der Waals surface area contributed by atoms with Gasteiger partial charge in [0.05, 0.1) is 17.5 Å². The SMILES string of the molecule is O=C1[C@@H]2[C@H](C(=O)N1c1cc(Cl)cc(Cl)c1)[C@@H]1C=C(c3ccccc3)[C@H]2C1. The summed E-state index contributed by atoms with van der Waals surface area (Å²) in [6.07, 6.45) is 3.07. The molecule has 3 nitrogen and oxygen atoms in total. The summed E-state index contributed by atoms with van der Waals surface area (Å²) >= 11 is 12.1. The normalized spacial score (nSPS) is 29.3. The highest BCUT2D eigenvalue weighted by Crippen LogP contribution is 2.58. The highest BCUT2D eigenvalue weighted by molar-refractivity contribution is 6.35. The first-order valence-corrected chi connectivity index (χ1v) is 9.41. The molecule has 5 heteroatoms. The maximum atomic E-state index is 13.2. The molecule has 0 aromatic heterocycles. The fourth-order valence-corrected chi connectivity index (χ4v) is 5.40. The van der Waals surface area contributed by atoms with E-state index in [1.165, 1.54) is 10.5 Å². The highest BCUT2D eigenvalue weighted by atomic mass is 35.5. The van der Waals surface area contributed by atoms with Crippen molar-refractivity contribution in [2.75, 3.05) is 4.90 Å². The molecule has 130 valence electrons. The lowest BCUT2D eigenvalue weighted by Gasteiger charge is -2.22. The third kappa shape index (κ3) is 2.20. The molecule has 1 heterocycles. The summed E-state index contributed by atoms with van der Waals surface area (Å²) in [5.74, 6) is -0.593. The van der Waals surface area contributed by atoms with E-state index in [0.29, 0.717) is 15.7 Å². The predicted octanol–water partition coefficient (Wildman–Crippen LogP) is 4.83. The summed E-state index contributed by atoms with van der Waals surface area (Å²) in [6.45, 7) is 0. The number of rotatable bonds is 2. The summed E-state index contributed by atoms with van der Waals surface area (Å²) < 4.78 is 0. The minimum absolute atomic E-state index is 0.100. The molecule has 5 rings (SSSR count). The molecule has 2 fully saturated rings. The lowest BCUT2D eigenvalue weighted by Crippen LogP contribution is -2.32. The maximum absolute atomic E-state index is 13.2. The predicted molar refractivity (Wildman–Crippen MR) is 102 cm³/mol. The van der Waals surface area contributed by atoms with Crippen LogP contribution in [0.15, 0.2) is 54.6 Å². The summed E-state index contributed by atoms with van der Waals surface area (Å²) in [4.78, 5) is 27.5. The number of anilines is 1. The second-order valence-corrected chi connectivity index (χ2v) is 8.06. The number of nitrogens with zero attached hydrogens (tertiary/aromatic N) is 1. The van der Waals surface area contributed by atoms with Crippen LogP contribution in [0, 0.1) is 23.7 Å². The molecular weight excluding hydrogens is 369 g/mol. The second-order valence-electron chi connectivity index (χ2n) is 7.19. The van der Waals surface area contributed by atoms with E-state index in [1.54, 1.807) is 18.2 Å². The van der Waals surface area contributed by atoms with Crippen LogP contribution < -0.4 is 4.90 Å². The van der Waals surface area contributed by atoms with Crippen LogP contribution in [-0.2, 0) is 9.59 Å². The molecule has 3 aliphatic rings. The molecule has 2 amide bonds. The van der Waals surface area contributed by atoms with Gasteiger partial charge in [0, 0.05) is 10.0 Å². The van der Waals surface area contributed by atoms with Crippen molar-refractivity contribution in [2.24, 2.45) is 23.7 Å². The van der Waals surface area contributed by atoms with Crippen molar-refractivity contribution in [2.45, 2.75) is 6.42 Å². The molecular formula is C21H15Cl2NO2. The van der Waals surface area contributed by atoms with E-state index in [-0.39, 0.29) is 35.5 Å². The fraction of sp³-hybridized carbons (Fsp3) is 0.238. The number of hydrogen-bond acceptors (Lipinski definition) is 2. The van der Waals surface area contributed by atoms with Gasteiger partial charge in [-0.25, -0.2) is 4.90 Å². The van der Waals surface area contributed by atoms with Crippen molar-refractivity contribution in [3.8, 4) is 0 Å². The Bertz CT molecular complexity index is 949. The van der Waals surface area contributed by atoms with Gasteiger partial charge in [-0.1, -0.05) is 59.6 Å². The van der Waals surface area contributed by atoms with Gasteiger partial charge in [-0.2, -0.15) is 0 Å². The average Bonchev–Trinajstić information content (AvgIpc) is 3.26. The van der Waals surface area contributed by atoms with Crippen molar-refractivity contribution in [1.82, 2.24) is 0 Å². The van der Waals surface area contributed by atoms with E-state index in [1.807, 2.05) is 18.2 Å². The van der Waals surface area contributed by atoms with Gasteiger partial charge in [-0.05, 0) is 47.6 Å². The first-order chi connectivity index (χ1) is 12.5. The Morgan fingerprint density at radius 1 is 0.885 bits per heavy atom. The van der Waals surface area contributed by atoms with Gasteiger partial charge in [0.2, 0.25) is 11.8 Å².